The van der Waals surface area contributed by atoms with Crippen LogP contribution >= 0.6 is 0 Å². The lowest BCUT2D eigenvalue weighted by atomic mass is 9.88. The lowest BCUT2D eigenvalue weighted by molar-refractivity contribution is -0.134. The van der Waals surface area contributed by atoms with Gasteiger partial charge >= 0.3 is 5.97 Å². The molecule has 4 heteroatoms. The van der Waals surface area contributed by atoms with Gasteiger partial charge in [0, 0.05) is 6.08 Å². The van der Waals surface area contributed by atoms with E-state index in [4.69, 9.17) is 5.11 Å². The monoisotopic (exact) mass is 191 g/mol. The van der Waals surface area contributed by atoms with Crippen molar-refractivity contribution < 1.29 is 14.7 Å². The topological polar surface area (TPSA) is 66.4 Å². The largest absolute Gasteiger partial charge is 0.477 e. The van der Waals surface area contributed by atoms with E-state index in [-0.39, 0.29) is 23.4 Å². The van der Waals surface area contributed by atoms with Crippen molar-refractivity contribution in [1.82, 2.24) is 5.32 Å². The maximum Gasteiger partial charge on any atom is 0.352 e. The zero-order valence-corrected chi connectivity index (χ0v) is 7.31. The molecule has 1 aliphatic heterocycles. The summed E-state index contributed by atoms with van der Waals surface area (Å²) in [7, 11) is 0. The van der Waals surface area contributed by atoms with E-state index in [2.05, 4.69) is 5.32 Å². The Bertz CT molecular complexity index is 379. The summed E-state index contributed by atoms with van der Waals surface area (Å²) in [4.78, 5) is 22.1. The van der Waals surface area contributed by atoms with Crippen LogP contribution in [0.3, 0.4) is 0 Å². The smallest absolute Gasteiger partial charge is 0.352 e. The number of fused-ring (bicyclic) bond motifs is 1. The molecule has 4 nitrogen and oxygen atoms in total. The normalized spacial score (nSPS) is 29.1. The van der Waals surface area contributed by atoms with Crippen molar-refractivity contribution in [3.05, 3.63) is 36.1 Å². The highest BCUT2D eigenvalue weighted by molar-refractivity contribution is 6.02. The fourth-order valence-corrected chi connectivity index (χ4v) is 1.60. The highest BCUT2D eigenvalue weighted by atomic mass is 16.4. The van der Waals surface area contributed by atoms with Gasteiger partial charge in [-0.05, 0) is 0 Å². The van der Waals surface area contributed by atoms with Gasteiger partial charge in [-0.2, -0.15) is 0 Å². The minimum absolute atomic E-state index is 0.0313. The molecular weight excluding hydrogens is 182 g/mol. The van der Waals surface area contributed by atoms with Crippen LogP contribution < -0.4 is 5.32 Å². The van der Waals surface area contributed by atoms with Crippen LogP contribution in [0.4, 0.5) is 0 Å². The molecule has 0 aromatic heterocycles. The van der Waals surface area contributed by atoms with Crippen LogP contribution in [0.2, 0.25) is 0 Å². The minimum atomic E-state index is -1.10. The van der Waals surface area contributed by atoms with Gasteiger partial charge in [-0.3, -0.25) is 4.79 Å². The second kappa shape index (κ2) is 3.14. The summed E-state index contributed by atoms with van der Waals surface area (Å²) >= 11 is 0. The zero-order valence-electron chi connectivity index (χ0n) is 7.31. The third kappa shape index (κ3) is 1.35. The van der Waals surface area contributed by atoms with Crippen molar-refractivity contribution >= 4 is 11.8 Å². The zero-order chi connectivity index (χ0) is 10.1. The Kier molecular flexibility index (Phi) is 1.96. The third-order valence-electron chi connectivity index (χ3n) is 2.30. The molecule has 0 radical (unpaired) electrons. The van der Waals surface area contributed by atoms with Crippen molar-refractivity contribution in [3.63, 3.8) is 0 Å². The van der Waals surface area contributed by atoms with E-state index in [1.807, 2.05) is 0 Å². The summed E-state index contributed by atoms with van der Waals surface area (Å²) in [6.45, 7) is 0. The molecule has 14 heavy (non-hydrogen) atoms. The van der Waals surface area contributed by atoms with Crippen molar-refractivity contribution in [1.29, 1.82) is 0 Å². The summed E-state index contributed by atoms with van der Waals surface area (Å²) < 4.78 is 0. The van der Waals surface area contributed by atoms with E-state index in [1.165, 1.54) is 0 Å². The van der Waals surface area contributed by atoms with Crippen LogP contribution in [0.15, 0.2) is 36.1 Å². The quantitative estimate of drug-likeness (QED) is 0.623. The molecule has 0 saturated heterocycles. The van der Waals surface area contributed by atoms with Gasteiger partial charge in [-0.1, -0.05) is 24.3 Å². The molecule has 0 fully saturated rings. The molecular formula is C10H9NO3. The van der Waals surface area contributed by atoms with Gasteiger partial charge in [-0.15, -0.1) is 0 Å². The Balaban J connectivity index is 2.31. The molecule has 0 aromatic rings. The number of aliphatic carboxylic acids is 1. The number of carboxylic acid groups (broad SMARTS) is 1. The van der Waals surface area contributed by atoms with Gasteiger partial charge in [0.2, 0.25) is 0 Å². The Morgan fingerprint density at radius 3 is 2.79 bits per heavy atom. The molecule has 72 valence electrons. The lowest BCUT2D eigenvalue weighted by Gasteiger charge is -2.28. The maximum absolute atomic E-state index is 11.5. The first kappa shape index (κ1) is 8.74. The van der Waals surface area contributed by atoms with Crippen LogP contribution in [0, 0.1) is 5.92 Å². The number of hydrogen-bond donors (Lipinski definition) is 2. The maximum atomic E-state index is 11.5. The van der Waals surface area contributed by atoms with Gasteiger partial charge in [0.15, 0.2) is 5.78 Å². The Morgan fingerprint density at radius 2 is 2.07 bits per heavy atom. The number of carbonyl (C=O) groups excluding carboxylic acids is 1. The standard InChI is InChI=1S/C10H9NO3/c12-9-5-8(10(13)14)11-7-4-2-1-3-6(7)9/h1-7,11H,(H,13,14). The van der Waals surface area contributed by atoms with E-state index in [0.29, 0.717) is 0 Å². The van der Waals surface area contributed by atoms with E-state index < -0.39 is 5.97 Å². The Labute approximate surface area is 80.6 Å². The summed E-state index contributed by atoms with van der Waals surface area (Å²) in [5.41, 5.74) is -0.0313. The fraction of sp³-hybridized carbons (Fsp3) is 0.200. The van der Waals surface area contributed by atoms with Gasteiger partial charge in [0.1, 0.15) is 5.70 Å². The SMILES string of the molecule is O=C(O)C1=CC(=O)C2C=CC=CC2N1. The average Bonchev–Trinajstić information content (AvgIpc) is 2.17. The van der Waals surface area contributed by atoms with Crippen molar-refractivity contribution in [2.24, 2.45) is 5.92 Å². The van der Waals surface area contributed by atoms with E-state index in [1.54, 1.807) is 24.3 Å². The summed E-state index contributed by atoms with van der Waals surface area (Å²) in [6.07, 6.45) is 8.30. The highest BCUT2D eigenvalue weighted by Crippen LogP contribution is 2.20. The van der Waals surface area contributed by atoms with E-state index >= 15 is 0 Å². The first-order chi connectivity index (χ1) is 6.68. The number of carboxylic acids is 1. The number of carbonyl (C=O) groups is 2. The van der Waals surface area contributed by atoms with Crippen LogP contribution in [0.1, 0.15) is 0 Å². The van der Waals surface area contributed by atoms with Crippen LogP contribution in [-0.2, 0) is 9.59 Å². The van der Waals surface area contributed by atoms with Crippen molar-refractivity contribution in [3.8, 4) is 0 Å². The van der Waals surface area contributed by atoms with Gasteiger partial charge in [0.25, 0.3) is 0 Å². The first-order valence-corrected chi connectivity index (χ1v) is 4.29. The molecule has 0 aromatic carbocycles. The molecule has 2 unspecified atom stereocenters. The third-order valence-corrected chi connectivity index (χ3v) is 2.30. The molecule has 2 rings (SSSR count). The predicted molar refractivity (Wildman–Crippen MR) is 49.4 cm³/mol. The Morgan fingerprint density at radius 1 is 1.36 bits per heavy atom. The predicted octanol–water partition coefficient (Wildman–Crippen LogP) is 0.238. The van der Waals surface area contributed by atoms with E-state index in [0.717, 1.165) is 6.08 Å². The summed E-state index contributed by atoms with van der Waals surface area (Å²) in [5.74, 6) is -1.52. The Hall–Kier alpha value is -1.84. The number of allylic oxidation sites excluding steroid dienone is 3. The average molecular weight is 191 g/mol. The van der Waals surface area contributed by atoms with Gasteiger partial charge < -0.3 is 10.4 Å². The number of hydrogen-bond acceptors (Lipinski definition) is 3. The molecule has 1 heterocycles. The number of ketones is 1. The van der Waals surface area contributed by atoms with Crippen molar-refractivity contribution in [2.75, 3.05) is 0 Å². The molecule has 0 saturated carbocycles. The summed E-state index contributed by atoms with van der Waals surface area (Å²) in [5, 5.41) is 11.5. The van der Waals surface area contributed by atoms with Crippen LogP contribution in [-0.4, -0.2) is 22.9 Å². The van der Waals surface area contributed by atoms with E-state index in [9.17, 15) is 9.59 Å². The fourth-order valence-electron chi connectivity index (χ4n) is 1.60. The number of nitrogens with one attached hydrogen (secondary N) is 1. The molecule has 1 aliphatic carbocycles. The molecule has 0 spiro atoms. The molecule has 0 bridgehead atoms. The van der Waals surface area contributed by atoms with Crippen molar-refractivity contribution in [2.45, 2.75) is 6.04 Å². The minimum Gasteiger partial charge on any atom is -0.477 e. The second-order valence-corrected chi connectivity index (χ2v) is 3.23. The van der Waals surface area contributed by atoms with Crippen LogP contribution in [0.25, 0.3) is 0 Å². The molecule has 2 aliphatic rings. The van der Waals surface area contributed by atoms with Crippen LogP contribution in [0.5, 0.6) is 0 Å². The molecule has 2 N–H and O–H groups in total. The van der Waals surface area contributed by atoms with Gasteiger partial charge in [0.05, 0.1) is 12.0 Å². The first-order valence-electron chi connectivity index (χ1n) is 4.29. The molecule has 0 amide bonds. The molecule has 2 atom stereocenters. The second-order valence-electron chi connectivity index (χ2n) is 3.23. The number of rotatable bonds is 1. The summed E-state index contributed by atoms with van der Waals surface area (Å²) in [6, 6.07) is -0.219. The highest BCUT2D eigenvalue weighted by Gasteiger charge is 2.31. The lowest BCUT2D eigenvalue weighted by Crippen LogP contribution is -2.43. The van der Waals surface area contributed by atoms with Gasteiger partial charge in [-0.25, -0.2) is 4.79 Å².